The highest BCUT2D eigenvalue weighted by atomic mass is 16.5. The Morgan fingerprint density at radius 2 is 2.07 bits per heavy atom. The zero-order chi connectivity index (χ0) is 22.1. The van der Waals surface area contributed by atoms with Crippen molar-refractivity contribution in [3.05, 3.63) is 36.8 Å². The number of hydrogen-bond donors (Lipinski definition) is 0. The molecule has 0 saturated carbocycles. The fraction of sp³-hybridized carbons (Fsp3) is 0.667. The van der Waals surface area contributed by atoms with Gasteiger partial charge in [-0.15, -0.1) is 6.58 Å². The van der Waals surface area contributed by atoms with Gasteiger partial charge in [0.1, 0.15) is 12.3 Å². The van der Waals surface area contributed by atoms with E-state index in [1.54, 1.807) is 22.1 Å². The normalized spacial score (nSPS) is 17.5. The number of nitrogens with zero attached hydrogens (tertiary/aromatic N) is 2. The van der Waals surface area contributed by atoms with Crippen molar-refractivity contribution >= 4 is 11.8 Å². The Kier molecular flexibility index (Phi) is 9.15. The van der Waals surface area contributed by atoms with Crippen LogP contribution in [0.3, 0.4) is 0 Å². The van der Waals surface area contributed by atoms with Crippen LogP contribution in [0, 0.1) is 11.3 Å². The topological polar surface area (TPSA) is 63.0 Å². The van der Waals surface area contributed by atoms with Gasteiger partial charge < -0.3 is 19.0 Å². The minimum absolute atomic E-state index is 0.00457. The summed E-state index contributed by atoms with van der Waals surface area (Å²) in [6.07, 6.45) is 6.67. The summed E-state index contributed by atoms with van der Waals surface area (Å²) in [7, 11) is 0. The molecule has 0 aliphatic carbocycles. The molecule has 0 spiro atoms. The fourth-order valence-electron chi connectivity index (χ4n) is 4.10. The Bertz CT molecular complexity index is 672. The van der Waals surface area contributed by atoms with Crippen LogP contribution >= 0.6 is 0 Å². The van der Waals surface area contributed by atoms with E-state index in [9.17, 15) is 9.59 Å². The van der Waals surface area contributed by atoms with Crippen molar-refractivity contribution in [2.24, 2.45) is 11.3 Å². The molecule has 2 rings (SSSR count). The van der Waals surface area contributed by atoms with Crippen LogP contribution in [0.15, 0.2) is 35.5 Å². The predicted molar refractivity (Wildman–Crippen MR) is 118 cm³/mol. The van der Waals surface area contributed by atoms with E-state index in [0.29, 0.717) is 26.1 Å². The maximum absolute atomic E-state index is 13.2. The molecule has 2 amide bonds. The number of amides is 2. The lowest BCUT2D eigenvalue weighted by atomic mass is 9.84. The van der Waals surface area contributed by atoms with Gasteiger partial charge in [0.25, 0.3) is 0 Å². The molecule has 0 radical (unpaired) electrons. The van der Waals surface area contributed by atoms with Crippen LogP contribution in [0.5, 0.6) is 0 Å². The van der Waals surface area contributed by atoms with Crippen molar-refractivity contribution < 1.29 is 18.7 Å². The zero-order valence-electron chi connectivity index (χ0n) is 19.1. The van der Waals surface area contributed by atoms with E-state index in [0.717, 1.165) is 31.6 Å². The second-order valence-corrected chi connectivity index (χ2v) is 9.63. The van der Waals surface area contributed by atoms with E-state index in [1.807, 2.05) is 12.1 Å². The first kappa shape index (κ1) is 24.2. The van der Waals surface area contributed by atoms with Crippen molar-refractivity contribution in [1.82, 2.24) is 9.80 Å². The molecule has 2 unspecified atom stereocenters. The molecule has 0 N–H and O–H groups in total. The summed E-state index contributed by atoms with van der Waals surface area (Å²) in [6, 6.07) is 3.67. The van der Waals surface area contributed by atoms with Crippen molar-refractivity contribution in [1.29, 1.82) is 0 Å². The molecule has 1 aromatic heterocycles. The molecule has 2 atom stereocenters. The van der Waals surface area contributed by atoms with Gasteiger partial charge in [-0.25, -0.2) is 0 Å². The third-order valence-corrected chi connectivity index (χ3v) is 5.24. The lowest BCUT2D eigenvalue weighted by Crippen LogP contribution is -2.45. The molecule has 0 aromatic carbocycles. The SMILES string of the molecule is C=CCN(CC(=O)N(Cc1ccco1)CC1CCCO1)C(=O)CC(C)CC(C)(C)C. The highest BCUT2D eigenvalue weighted by Crippen LogP contribution is 2.26. The maximum Gasteiger partial charge on any atom is 0.242 e. The van der Waals surface area contributed by atoms with Crippen LogP contribution in [0.2, 0.25) is 0 Å². The number of furan rings is 1. The molecule has 1 aromatic rings. The molecule has 0 bridgehead atoms. The van der Waals surface area contributed by atoms with Gasteiger partial charge in [0.15, 0.2) is 0 Å². The van der Waals surface area contributed by atoms with E-state index in [1.165, 1.54) is 0 Å². The zero-order valence-corrected chi connectivity index (χ0v) is 19.1. The van der Waals surface area contributed by atoms with Gasteiger partial charge in [-0.3, -0.25) is 9.59 Å². The van der Waals surface area contributed by atoms with Gasteiger partial charge >= 0.3 is 0 Å². The summed E-state index contributed by atoms with van der Waals surface area (Å²) in [6.45, 7) is 14.4. The third kappa shape index (κ3) is 8.34. The predicted octanol–water partition coefficient (Wildman–Crippen LogP) is 4.26. The first-order valence-electron chi connectivity index (χ1n) is 11.0. The summed E-state index contributed by atoms with van der Waals surface area (Å²) in [4.78, 5) is 29.4. The summed E-state index contributed by atoms with van der Waals surface area (Å²) >= 11 is 0. The molecule has 6 nitrogen and oxygen atoms in total. The van der Waals surface area contributed by atoms with Gasteiger partial charge in [-0.1, -0.05) is 33.8 Å². The summed E-state index contributed by atoms with van der Waals surface area (Å²) in [5.74, 6) is 0.878. The minimum atomic E-state index is -0.0967. The Hall–Kier alpha value is -2.08. The second-order valence-electron chi connectivity index (χ2n) is 9.63. The monoisotopic (exact) mass is 418 g/mol. The number of carbonyl (C=O) groups excluding carboxylic acids is 2. The van der Waals surface area contributed by atoms with Crippen molar-refractivity contribution in [2.45, 2.75) is 66.0 Å². The fourth-order valence-corrected chi connectivity index (χ4v) is 4.10. The van der Waals surface area contributed by atoms with E-state index in [4.69, 9.17) is 9.15 Å². The van der Waals surface area contributed by atoms with Gasteiger partial charge in [0.05, 0.1) is 18.9 Å². The average Bonchev–Trinajstić information content (AvgIpc) is 3.33. The van der Waals surface area contributed by atoms with E-state index < -0.39 is 0 Å². The lowest BCUT2D eigenvalue weighted by Gasteiger charge is -2.29. The molecule has 1 fully saturated rings. The molecule has 1 aliphatic rings. The average molecular weight is 419 g/mol. The minimum Gasteiger partial charge on any atom is -0.467 e. The Morgan fingerprint density at radius 1 is 1.30 bits per heavy atom. The van der Waals surface area contributed by atoms with Gasteiger partial charge in [0, 0.05) is 26.1 Å². The maximum atomic E-state index is 13.2. The van der Waals surface area contributed by atoms with E-state index in [-0.39, 0.29) is 35.8 Å². The molecular formula is C24H38N2O4. The number of carbonyl (C=O) groups is 2. The van der Waals surface area contributed by atoms with Gasteiger partial charge in [-0.2, -0.15) is 0 Å². The Balaban J connectivity index is 2.02. The highest BCUT2D eigenvalue weighted by Gasteiger charge is 2.27. The van der Waals surface area contributed by atoms with Crippen LogP contribution in [0.1, 0.15) is 59.1 Å². The van der Waals surface area contributed by atoms with Gasteiger partial charge in [-0.05, 0) is 42.7 Å². The molecule has 168 valence electrons. The van der Waals surface area contributed by atoms with Gasteiger partial charge in [0.2, 0.25) is 11.8 Å². The van der Waals surface area contributed by atoms with Crippen molar-refractivity contribution in [2.75, 3.05) is 26.2 Å². The molecule has 6 heteroatoms. The second kappa shape index (κ2) is 11.3. The lowest BCUT2D eigenvalue weighted by molar-refractivity contribution is -0.142. The van der Waals surface area contributed by atoms with Crippen molar-refractivity contribution in [3.8, 4) is 0 Å². The number of ether oxygens (including phenoxy) is 1. The smallest absolute Gasteiger partial charge is 0.242 e. The van der Waals surface area contributed by atoms with Crippen molar-refractivity contribution in [3.63, 3.8) is 0 Å². The molecule has 30 heavy (non-hydrogen) atoms. The largest absolute Gasteiger partial charge is 0.467 e. The summed E-state index contributed by atoms with van der Waals surface area (Å²) in [5, 5.41) is 0. The van der Waals surface area contributed by atoms with Crippen LogP contribution < -0.4 is 0 Å². The summed E-state index contributed by atoms with van der Waals surface area (Å²) < 4.78 is 11.2. The Morgan fingerprint density at radius 3 is 2.63 bits per heavy atom. The first-order valence-corrected chi connectivity index (χ1v) is 11.0. The molecule has 1 aliphatic heterocycles. The van der Waals surface area contributed by atoms with Crippen LogP contribution in [-0.2, 0) is 20.9 Å². The quantitative estimate of drug-likeness (QED) is 0.504. The van der Waals surface area contributed by atoms with E-state index >= 15 is 0 Å². The van der Waals surface area contributed by atoms with E-state index in [2.05, 4.69) is 34.3 Å². The molecule has 2 heterocycles. The van der Waals surface area contributed by atoms with Crippen LogP contribution in [-0.4, -0.2) is 54.0 Å². The number of hydrogen-bond acceptors (Lipinski definition) is 4. The molecule has 1 saturated heterocycles. The highest BCUT2D eigenvalue weighted by molar-refractivity contribution is 5.85. The molecular weight excluding hydrogens is 380 g/mol. The summed E-state index contributed by atoms with van der Waals surface area (Å²) in [5.41, 5.74) is 0.167. The van der Waals surface area contributed by atoms with Crippen LogP contribution in [0.4, 0.5) is 0 Å². The number of rotatable bonds is 11. The first-order chi connectivity index (χ1) is 14.2. The standard InChI is InChI=1S/C24H38N2O4/c1-6-11-25(22(27)14-19(2)15-24(3,4)5)18-23(28)26(16-20-9-7-12-29-20)17-21-10-8-13-30-21/h6-7,9,12,19,21H,1,8,10-11,13-18H2,2-5H3. The van der Waals surface area contributed by atoms with Crippen LogP contribution in [0.25, 0.3) is 0 Å². The Labute approximate surface area is 181 Å². The third-order valence-electron chi connectivity index (χ3n) is 5.24.